The van der Waals surface area contributed by atoms with Crippen LogP contribution in [0.4, 0.5) is 0 Å². The monoisotopic (exact) mass is 273 g/mol. The van der Waals surface area contributed by atoms with Crippen molar-refractivity contribution in [1.82, 2.24) is 15.0 Å². The van der Waals surface area contributed by atoms with Crippen LogP contribution in [0.5, 0.6) is 0 Å². The van der Waals surface area contributed by atoms with Crippen molar-refractivity contribution in [1.29, 1.82) is 0 Å². The summed E-state index contributed by atoms with van der Waals surface area (Å²) in [5.41, 5.74) is 2.28. The van der Waals surface area contributed by atoms with E-state index in [2.05, 4.69) is 15.0 Å². The lowest BCUT2D eigenvalue weighted by Crippen LogP contribution is -1.96. The van der Waals surface area contributed by atoms with Gasteiger partial charge in [-0.3, -0.25) is 4.98 Å². The Kier molecular flexibility index (Phi) is 2.60. The molecule has 3 rings (SSSR count). The van der Waals surface area contributed by atoms with Crippen LogP contribution >= 0.6 is 0 Å². The van der Waals surface area contributed by atoms with Crippen LogP contribution in [0, 0.1) is 0 Å². The van der Waals surface area contributed by atoms with Crippen molar-refractivity contribution in [3.63, 3.8) is 0 Å². The second kappa shape index (κ2) is 4.17. The van der Waals surface area contributed by atoms with E-state index in [0.717, 1.165) is 11.1 Å². The Morgan fingerprint density at radius 1 is 1.21 bits per heavy atom. The summed E-state index contributed by atoms with van der Waals surface area (Å²) >= 11 is 0. The van der Waals surface area contributed by atoms with Gasteiger partial charge in [0.2, 0.25) is 0 Å². The quantitative estimate of drug-likeness (QED) is 0.775. The van der Waals surface area contributed by atoms with Gasteiger partial charge in [0, 0.05) is 24.2 Å². The molecule has 0 atom stereocenters. The molecule has 1 aromatic carbocycles. The van der Waals surface area contributed by atoms with Crippen LogP contribution in [-0.4, -0.2) is 29.6 Å². The van der Waals surface area contributed by atoms with Crippen molar-refractivity contribution in [2.24, 2.45) is 0 Å². The molecule has 1 N–H and O–H groups in total. The van der Waals surface area contributed by atoms with E-state index in [-0.39, 0.29) is 4.90 Å². The second-order valence-electron chi connectivity index (χ2n) is 4.28. The third-order valence-corrected chi connectivity index (χ3v) is 3.93. The first-order valence-corrected chi connectivity index (χ1v) is 7.53. The van der Waals surface area contributed by atoms with Crippen molar-refractivity contribution in [2.75, 3.05) is 6.26 Å². The highest BCUT2D eigenvalue weighted by Crippen LogP contribution is 2.22. The molecule has 0 aliphatic carbocycles. The molecule has 3 aromatic rings. The van der Waals surface area contributed by atoms with Gasteiger partial charge in [-0.1, -0.05) is 0 Å². The Labute approximate surface area is 110 Å². The maximum absolute atomic E-state index is 11.5. The van der Waals surface area contributed by atoms with Crippen LogP contribution in [0.15, 0.2) is 47.6 Å². The first kappa shape index (κ1) is 11.9. The number of pyridine rings is 1. The van der Waals surface area contributed by atoms with Gasteiger partial charge in [0.05, 0.1) is 15.9 Å². The van der Waals surface area contributed by atoms with Crippen molar-refractivity contribution >= 4 is 20.9 Å². The fourth-order valence-corrected chi connectivity index (χ4v) is 2.51. The van der Waals surface area contributed by atoms with Gasteiger partial charge in [-0.2, -0.15) is 0 Å². The molecule has 5 nitrogen and oxygen atoms in total. The van der Waals surface area contributed by atoms with Gasteiger partial charge in [-0.15, -0.1) is 0 Å². The van der Waals surface area contributed by atoms with Crippen LogP contribution in [0.2, 0.25) is 0 Å². The number of sulfone groups is 1. The highest BCUT2D eigenvalue weighted by atomic mass is 32.2. The van der Waals surface area contributed by atoms with Gasteiger partial charge in [0.1, 0.15) is 5.82 Å². The Hall–Kier alpha value is -2.21. The van der Waals surface area contributed by atoms with Crippen molar-refractivity contribution in [3.8, 4) is 11.4 Å². The lowest BCUT2D eigenvalue weighted by Gasteiger charge is -1.96. The summed E-state index contributed by atoms with van der Waals surface area (Å²) in [6.07, 6.45) is 4.58. The molecule has 0 fully saturated rings. The fraction of sp³-hybridized carbons (Fsp3) is 0.0769. The zero-order chi connectivity index (χ0) is 13.5. The minimum atomic E-state index is -3.21. The molecule has 0 aliphatic rings. The standard InChI is InChI=1S/C13H11N3O2S/c1-19(17,18)10-4-5-11-12(7-10)16-13(15-11)9-3-2-6-14-8-9/h2-8H,1H3,(H,15,16). The minimum Gasteiger partial charge on any atom is -0.338 e. The Morgan fingerprint density at radius 3 is 2.74 bits per heavy atom. The zero-order valence-corrected chi connectivity index (χ0v) is 11.0. The molecule has 0 saturated carbocycles. The number of aromatic amines is 1. The molecule has 19 heavy (non-hydrogen) atoms. The van der Waals surface area contributed by atoms with Crippen molar-refractivity contribution in [3.05, 3.63) is 42.7 Å². The minimum absolute atomic E-state index is 0.279. The molecule has 0 amide bonds. The number of imidazole rings is 1. The lowest BCUT2D eigenvalue weighted by molar-refractivity contribution is 0.602. The van der Waals surface area contributed by atoms with Crippen molar-refractivity contribution in [2.45, 2.75) is 4.90 Å². The van der Waals surface area contributed by atoms with E-state index in [9.17, 15) is 8.42 Å². The number of benzene rings is 1. The maximum atomic E-state index is 11.5. The molecule has 0 bridgehead atoms. The summed E-state index contributed by atoms with van der Waals surface area (Å²) < 4.78 is 23.0. The average Bonchev–Trinajstić information content (AvgIpc) is 2.81. The Balaban J connectivity index is 2.17. The van der Waals surface area contributed by atoms with Gasteiger partial charge in [0.15, 0.2) is 9.84 Å². The van der Waals surface area contributed by atoms with Crippen LogP contribution in [0.25, 0.3) is 22.4 Å². The van der Waals surface area contributed by atoms with Crippen molar-refractivity contribution < 1.29 is 8.42 Å². The van der Waals surface area contributed by atoms with E-state index in [1.807, 2.05) is 12.1 Å². The zero-order valence-electron chi connectivity index (χ0n) is 10.2. The number of nitrogens with zero attached hydrogens (tertiary/aromatic N) is 2. The smallest absolute Gasteiger partial charge is 0.175 e. The van der Waals surface area contributed by atoms with E-state index in [0.29, 0.717) is 11.3 Å². The van der Waals surface area contributed by atoms with E-state index < -0.39 is 9.84 Å². The summed E-state index contributed by atoms with van der Waals surface area (Å²) in [6.45, 7) is 0. The third kappa shape index (κ3) is 2.22. The number of aromatic nitrogens is 3. The number of fused-ring (bicyclic) bond motifs is 1. The van der Waals surface area contributed by atoms with Crippen LogP contribution in [0.3, 0.4) is 0 Å². The molecule has 0 saturated heterocycles. The predicted molar refractivity (Wildman–Crippen MR) is 72.4 cm³/mol. The third-order valence-electron chi connectivity index (χ3n) is 2.82. The lowest BCUT2D eigenvalue weighted by atomic mass is 10.3. The van der Waals surface area contributed by atoms with E-state index in [1.54, 1.807) is 30.6 Å². The first-order chi connectivity index (χ1) is 9.04. The van der Waals surface area contributed by atoms with Gasteiger partial charge in [-0.05, 0) is 30.3 Å². The Morgan fingerprint density at radius 2 is 2.05 bits per heavy atom. The topological polar surface area (TPSA) is 75.7 Å². The Bertz CT molecular complexity index is 839. The summed E-state index contributed by atoms with van der Waals surface area (Å²) in [5.74, 6) is 0.675. The van der Waals surface area contributed by atoms with Crippen LogP contribution in [0.1, 0.15) is 0 Å². The van der Waals surface area contributed by atoms with Gasteiger partial charge >= 0.3 is 0 Å². The molecular weight excluding hydrogens is 262 g/mol. The molecule has 96 valence electrons. The molecule has 6 heteroatoms. The molecule has 0 aliphatic heterocycles. The maximum Gasteiger partial charge on any atom is 0.175 e. The molecule has 2 aromatic heterocycles. The molecular formula is C13H11N3O2S. The fourth-order valence-electron chi connectivity index (χ4n) is 1.86. The summed E-state index contributed by atoms with van der Waals surface area (Å²) in [5, 5.41) is 0. The average molecular weight is 273 g/mol. The van der Waals surface area contributed by atoms with Gasteiger partial charge < -0.3 is 4.98 Å². The molecule has 0 radical (unpaired) electrons. The molecule has 0 unspecified atom stereocenters. The predicted octanol–water partition coefficient (Wildman–Crippen LogP) is 2.03. The van der Waals surface area contributed by atoms with Gasteiger partial charge in [-0.25, -0.2) is 13.4 Å². The highest BCUT2D eigenvalue weighted by Gasteiger charge is 2.10. The number of hydrogen-bond acceptors (Lipinski definition) is 4. The first-order valence-electron chi connectivity index (χ1n) is 5.64. The van der Waals surface area contributed by atoms with E-state index in [1.165, 1.54) is 6.26 Å². The SMILES string of the molecule is CS(=O)(=O)c1ccc2nc(-c3cccnc3)[nH]c2c1. The largest absolute Gasteiger partial charge is 0.338 e. The van der Waals surface area contributed by atoms with Crippen LogP contribution in [-0.2, 0) is 9.84 Å². The number of nitrogens with one attached hydrogen (secondary N) is 1. The summed E-state index contributed by atoms with van der Waals surface area (Å²) in [4.78, 5) is 11.8. The highest BCUT2D eigenvalue weighted by molar-refractivity contribution is 7.90. The summed E-state index contributed by atoms with van der Waals surface area (Å²) in [7, 11) is -3.21. The van der Waals surface area contributed by atoms with E-state index >= 15 is 0 Å². The number of hydrogen-bond donors (Lipinski definition) is 1. The van der Waals surface area contributed by atoms with E-state index in [4.69, 9.17) is 0 Å². The summed E-state index contributed by atoms with van der Waals surface area (Å²) in [6, 6.07) is 8.57. The van der Waals surface area contributed by atoms with Gasteiger partial charge in [0.25, 0.3) is 0 Å². The normalized spacial score (nSPS) is 11.8. The second-order valence-corrected chi connectivity index (χ2v) is 6.29. The molecule has 2 heterocycles. The number of H-pyrrole nitrogens is 1. The van der Waals surface area contributed by atoms with Crippen LogP contribution < -0.4 is 0 Å². The molecule has 0 spiro atoms. The number of rotatable bonds is 2.